The van der Waals surface area contributed by atoms with Crippen LogP contribution in [0.15, 0.2) is 18.2 Å². The standard InChI is InChI=1S/C15H19N3O2/c1-9-5-6-10(2)15(12(9)4)20-8-14(19)16-13-7-11(3)17-18-13/h5-7H,8H2,1-4H3,(H2,16,17,18,19). The lowest BCUT2D eigenvalue weighted by Crippen LogP contribution is -2.21. The summed E-state index contributed by atoms with van der Waals surface area (Å²) < 4.78 is 5.64. The zero-order valence-corrected chi connectivity index (χ0v) is 12.2. The number of carbonyl (C=O) groups is 1. The zero-order chi connectivity index (χ0) is 14.7. The van der Waals surface area contributed by atoms with Crippen molar-refractivity contribution in [3.05, 3.63) is 40.6 Å². The highest BCUT2D eigenvalue weighted by atomic mass is 16.5. The smallest absolute Gasteiger partial charge is 0.263 e. The second kappa shape index (κ2) is 5.77. The molecular weight excluding hydrogens is 254 g/mol. The van der Waals surface area contributed by atoms with Crippen molar-refractivity contribution in [2.45, 2.75) is 27.7 Å². The van der Waals surface area contributed by atoms with Crippen LogP contribution in [-0.4, -0.2) is 22.7 Å². The summed E-state index contributed by atoms with van der Waals surface area (Å²) in [5.41, 5.74) is 4.13. The molecule has 1 amide bonds. The molecule has 0 aliphatic rings. The first-order valence-electron chi connectivity index (χ1n) is 6.49. The number of nitrogens with one attached hydrogen (secondary N) is 2. The minimum absolute atomic E-state index is 0.0307. The Bertz CT molecular complexity index is 632. The summed E-state index contributed by atoms with van der Waals surface area (Å²) in [6.45, 7) is 7.83. The normalized spacial score (nSPS) is 10.4. The molecule has 5 heteroatoms. The first-order valence-corrected chi connectivity index (χ1v) is 6.49. The molecule has 0 radical (unpaired) electrons. The van der Waals surface area contributed by atoms with Gasteiger partial charge in [-0.3, -0.25) is 9.89 Å². The van der Waals surface area contributed by atoms with Gasteiger partial charge in [-0.2, -0.15) is 5.10 Å². The summed E-state index contributed by atoms with van der Waals surface area (Å²) in [5, 5.41) is 9.40. The summed E-state index contributed by atoms with van der Waals surface area (Å²) >= 11 is 0. The number of benzene rings is 1. The van der Waals surface area contributed by atoms with Crippen molar-refractivity contribution in [2.24, 2.45) is 0 Å². The fourth-order valence-electron chi connectivity index (χ4n) is 1.95. The Morgan fingerprint density at radius 1 is 1.25 bits per heavy atom. The van der Waals surface area contributed by atoms with Crippen LogP contribution in [0, 0.1) is 27.7 Å². The van der Waals surface area contributed by atoms with Crippen molar-refractivity contribution in [3.63, 3.8) is 0 Å². The third kappa shape index (κ3) is 3.17. The summed E-state index contributed by atoms with van der Waals surface area (Å²) in [5.74, 6) is 1.06. The molecule has 0 atom stereocenters. The van der Waals surface area contributed by atoms with Gasteiger partial charge in [-0.15, -0.1) is 0 Å². The first-order chi connectivity index (χ1) is 9.47. The van der Waals surface area contributed by atoms with Gasteiger partial charge in [-0.05, 0) is 44.4 Å². The molecule has 0 bridgehead atoms. The van der Waals surface area contributed by atoms with Crippen LogP contribution in [0.25, 0.3) is 0 Å². The van der Waals surface area contributed by atoms with Crippen molar-refractivity contribution in [1.82, 2.24) is 10.2 Å². The predicted octanol–water partition coefficient (Wildman–Crippen LogP) is 2.66. The Hall–Kier alpha value is -2.30. The van der Waals surface area contributed by atoms with Crippen LogP contribution in [0.5, 0.6) is 5.75 Å². The number of nitrogens with zero attached hydrogens (tertiary/aromatic N) is 1. The number of aromatic nitrogens is 2. The molecule has 0 unspecified atom stereocenters. The van der Waals surface area contributed by atoms with E-state index in [0.29, 0.717) is 5.82 Å². The molecule has 106 valence electrons. The van der Waals surface area contributed by atoms with Gasteiger partial charge in [-0.25, -0.2) is 0 Å². The average molecular weight is 273 g/mol. The SMILES string of the molecule is Cc1cc(NC(=O)COc2c(C)ccc(C)c2C)n[nH]1. The van der Waals surface area contributed by atoms with Crippen LogP contribution < -0.4 is 10.1 Å². The van der Waals surface area contributed by atoms with Crippen LogP contribution in [0.1, 0.15) is 22.4 Å². The molecule has 1 aromatic carbocycles. The third-order valence-electron chi connectivity index (χ3n) is 3.19. The molecule has 1 aromatic heterocycles. The number of amides is 1. The summed E-state index contributed by atoms with van der Waals surface area (Å²) in [4.78, 5) is 11.8. The Morgan fingerprint density at radius 3 is 2.60 bits per heavy atom. The minimum atomic E-state index is -0.225. The molecular formula is C15H19N3O2. The van der Waals surface area contributed by atoms with Gasteiger partial charge in [0, 0.05) is 11.8 Å². The lowest BCUT2D eigenvalue weighted by molar-refractivity contribution is -0.118. The highest BCUT2D eigenvalue weighted by molar-refractivity contribution is 5.91. The van der Waals surface area contributed by atoms with Crippen LogP contribution in [0.3, 0.4) is 0 Å². The van der Waals surface area contributed by atoms with Gasteiger partial charge in [0.1, 0.15) is 5.75 Å². The number of hydrogen-bond acceptors (Lipinski definition) is 3. The number of aryl methyl sites for hydroxylation is 3. The lowest BCUT2D eigenvalue weighted by atomic mass is 10.1. The fourth-order valence-corrected chi connectivity index (χ4v) is 1.95. The van der Waals surface area contributed by atoms with Gasteiger partial charge in [0.25, 0.3) is 5.91 Å². The Morgan fingerprint density at radius 2 is 1.95 bits per heavy atom. The van der Waals surface area contributed by atoms with Gasteiger partial charge >= 0.3 is 0 Å². The molecule has 0 saturated carbocycles. The fraction of sp³-hybridized carbons (Fsp3) is 0.333. The lowest BCUT2D eigenvalue weighted by Gasteiger charge is -2.13. The number of carbonyl (C=O) groups excluding carboxylic acids is 1. The van der Waals surface area contributed by atoms with Gasteiger partial charge < -0.3 is 10.1 Å². The molecule has 2 rings (SSSR count). The number of H-pyrrole nitrogens is 1. The third-order valence-corrected chi connectivity index (χ3v) is 3.19. The van der Waals surface area contributed by atoms with E-state index in [1.807, 2.05) is 39.8 Å². The number of ether oxygens (including phenoxy) is 1. The van der Waals surface area contributed by atoms with E-state index in [-0.39, 0.29) is 12.5 Å². The molecule has 0 fully saturated rings. The number of aromatic amines is 1. The Balaban J connectivity index is 1.98. The molecule has 5 nitrogen and oxygen atoms in total. The maximum absolute atomic E-state index is 11.8. The van der Waals surface area contributed by atoms with E-state index >= 15 is 0 Å². The zero-order valence-electron chi connectivity index (χ0n) is 12.2. The van der Waals surface area contributed by atoms with Gasteiger partial charge in [0.05, 0.1) is 0 Å². The molecule has 2 N–H and O–H groups in total. The van der Waals surface area contributed by atoms with Crippen molar-refractivity contribution >= 4 is 11.7 Å². The van der Waals surface area contributed by atoms with E-state index in [2.05, 4.69) is 15.5 Å². The van der Waals surface area contributed by atoms with Crippen molar-refractivity contribution in [2.75, 3.05) is 11.9 Å². The van der Waals surface area contributed by atoms with Crippen molar-refractivity contribution in [1.29, 1.82) is 0 Å². The van der Waals surface area contributed by atoms with Crippen LogP contribution in [0.2, 0.25) is 0 Å². The quantitative estimate of drug-likeness (QED) is 0.900. The monoisotopic (exact) mass is 273 g/mol. The first kappa shape index (κ1) is 14.1. The van der Waals surface area contributed by atoms with E-state index < -0.39 is 0 Å². The van der Waals surface area contributed by atoms with Crippen LogP contribution in [-0.2, 0) is 4.79 Å². The van der Waals surface area contributed by atoms with E-state index in [0.717, 1.165) is 28.1 Å². The molecule has 20 heavy (non-hydrogen) atoms. The van der Waals surface area contributed by atoms with Crippen LogP contribution >= 0.6 is 0 Å². The van der Waals surface area contributed by atoms with Crippen molar-refractivity contribution < 1.29 is 9.53 Å². The van der Waals surface area contributed by atoms with Gasteiger partial charge in [0.2, 0.25) is 0 Å². The molecule has 0 spiro atoms. The topological polar surface area (TPSA) is 67.0 Å². The summed E-state index contributed by atoms with van der Waals surface area (Å²) in [7, 11) is 0. The number of rotatable bonds is 4. The summed E-state index contributed by atoms with van der Waals surface area (Å²) in [6, 6.07) is 5.80. The maximum Gasteiger partial charge on any atom is 0.263 e. The number of hydrogen-bond donors (Lipinski definition) is 2. The minimum Gasteiger partial charge on any atom is -0.483 e. The van der Waals surface area contributed by atoms with E-state index in [1.54, 1.807) is 6.07 Å². The highest BCUT2D eigenvalue weighted by Gasteiger charge is 2.10. The number of anilines is 1. The van der Waals surface area contributed by atoms with E-state index in [9.17, 15) is 4.79 Å². The van der Waals surface area contributed by atoms with Gasteiger partial charge in [0.15, 0.2) is 12.4 Å². The highest BCUT2D eigenvalue weighted by Crippen LogP contribution is 2.25. The van der Waals surface area contributed by atoms with Gasteiger partial charge in [-0.1, -0.05) is 12.1 Å². The molecule has 2 aromatic rings. The molecule has 0 aliphatic heterocycles. The summed E-state index contributed by atoms with van der Waals surface area (Å²) in [6.07, 6.45) is 0. The Labute approximate surface area is 118 Å². The predicted molar refractivity (Wildman–Crippen MR) is 78.1 cm³/mol. The second-order valence-corrected chi connectivity index (χ2v) is 4.93. The van der Waals surface area contributed by atoms with Crippen LogP contribution in [0.4, 0.5) is 5.82 Å². The maximum atomic E-state index is 11.8. The van der Waals surface area contributed by atoms with E-state index in [4.69, 9.17) is 4.74 Å². The molecule has 0 aliphatic carbocycles. The largest absolute Gasteiger partial charge is 0.483 e. The Kier molecular flexibility index (Phi) is 4.08. The molecule has 1 heterocycles. The molecule has 0 saturated heterocycles. The second-order valence-electron chi connectivity index (χ2n) is 4.93. The average Bonchev–Trinajstić information content (AvgIpc) is 2.79. The van der Waals surface area contributed by atoms with Crippen molar-refractivity contribution in [3.8, 4) is 5.75 Å². The van der Waals surface area contributed by atoms with E-state index in [1.165, 1.54) is 0 Å².